The molecule has 1 aromatic rings. The SMILES string of the molecule is CCOc1ccc(C2=C(O)C(=O)N(CCOC(C)C)C2=O)cc1. The molecule has 2 amide bonds. The smallest absolute Gasteiger partial charge is 0.296 e. The number of aliphatic hydroxyl groups excluding tert-OH is 1. The lowest BCUT2D eigenvalue weighted by Gasteiger charge is -2.15. The monoisotopic (exact) mass is 319 g/mol. The second-order valence-corrected chi connectivity index (χ2v) is 5.36. The topological polar surface area (TPSA) is 76.1 Å². The van der Waals surface area contributed by atoms with E-state index in [-0.39, 0.29) is 24.8 Å². The summed E-state index contributed by atoms with van der Waals surface area (Å²) in [6.07, 6.45) is 0.00921. The molecule has 1 N–H and O–H groups in total. The normalized spacial score (nSPS) is 15.0. The van der Waals surface area contributed by atoms with Crippen molar-refractivity contribution in [3.05, 3.63) is 35.6 Å². The summed E-state index contributed by atoms with van der Waals surface area (Å²) in [4.78, 5) is 25.5. The zero-order valence-corrected chi connectivity index (χ0v) is 13.5. The van der Waals surface area contributed by atoms with Crippen molar-refractivity contribution >= 4 is 17.4 Å². The van der Waals surface area contributed by atoms with Crippen molar-refractivity contribution in [3.63, 3.8) is 0 Å². The maximum Gasteiger partial charge on any atom is 0.296 e. The summed E-state index contributed by atoms with van der Waals surface area (Å²) in [5, 5.41) is 10.0. The van der Waals surface area contributed by atoms with E-state index in [2.05, 4.69) is 0 Å². The average molecular weight is 319 g/mol. The van der Waals surface area contributed by atoms with Crippen molar-refractivity contribution in [2.24, 2.45) is 0 Å². The number of nitrogens with zero attached hydrogens (tertiary/aromatic N) is 1. The lowest BCUT2D eigenvalue weighted by molar-refractivity contribution is -0.139. The van der Waals surface area contributed by atoms with Crippen molar-refractivity contribution in [1.82, 2.24) is 4.90 Å². The predicted octanol–water partition coefficient (Wildman–Crippen LogP) is 2.15. The van der Waals surface area contributed by atoms with E-state index in [1.807, 2.05) is 20.8 Å². The van der Waals surface area contributed by atoms with Gasteiger partial charge in [-0.3, -0.25) is 14.5 Å². The summed E-state index contributed by atoms with van der Waals surface area (Å²) >= 11 is 0. The molecule has 0 saturated heterocycles. The minimum absolute atomic E-state index is 0.00921. The van der Waals surface area contributed by atoms with E-state index in [1.54, 1.807) is 24.3 Å². The molecule has 0 radical (unpaired) electrons. The van der Waals surface area contributed by atoms with Crippen LogP contribution in [0, 0.1) is 0 Å². The molecule has 0 fully saturated rings. The first-order valence-corrected chi connectivity index (χ1v) is 7.60. The fraction of sp³-hybridized carbons (Fsp3) is 0.412. The number of imide groups is 1. The molecule has 2 rings (SSSR count). The fourth-order valence-corrected chi connectivity index (χ4v) is 2.29. The van der Waals surface area contributed by atoms with Gasteiger partial charge in [-0.2, -0.15) is 0 Å². The van der Waals surface area contributed by atoms with Gasteiger partial charge in [-0.05, 0) is 38.5 Å². The number of rotatable bonds is 7. The molecule has 1 heterocycles. The minimum Gasteiger partial charge on any atom is -0.502 e. The maximum atomic E-state index is 12.4. The average Bonchev–Trinajstić information content (AvgIpc) is 2.72. The molecule has 23 heavy (non-hydrogen) atoms. The van der Waals surface area contributed by atoms with Gasteiger partial charge in [0.1, 0.15) is 5.75 Å². The number of hydrogen-bond acceptors (Lipinski definition) is 5. The van der Waals surface area contributed by atoms with Gasteiger partial charge in [-0.25, -0.2) is 0 Å². The third-order valence-electron chi connectivity index (χ3n) is 3.36. The zero-order chi connectivity index (χ0) is 17.0. The highest BCUT2D eigenvalue weighted by Crippen LogP contribution is 2.29. The van der Waals surface area contributed by atoms with Gasteiger partial charge in [-0.1, -0.05) is 12.1 Å². The van der Waals surface area contributed by atoms with Crippen molar-refractivity contribution in [3.8, 4) is 5.75 Å². The van der Waals surface area contributed by atoms with Crippen LogP contribution in [0.4, 0.5) is 0 Å². The number of aliphatic hydroxyl groups is 1. The van der Waals surface area contributed by atoms with Gasteiger partial charge < -0.3 is 14.6 Å². The van der Waals surface area contributed by atoms with Gasteiger partial charge in [-0.15, -0.1) is 0 Å². The minimum atomic E-state index is -0.689. The van der Waals surface area contributed by atoms with Crippen LogP contribution in [0.1, 0.15) is 26.3 Å². The highest BCUT2D eigenvalue weighted by atomic mass is 16.5. The van der Waals surface area contributed by atoms with Crippen molar-refractivity contribution < 1.29 is 24.2 Å². The Morgan fingerprint density at radius 3 is 2.35 bits per heavy atom. The first kappa shape index (κ1) is 17.0. The van der Waals surface area contributed by atoms with E-state index >= 15 is 0 Å². The zero-order valence-electron chi connectivity index (χ0n) is 13.5. The van der Waals surface area contributed by atoms with E-state index in [0.29, 0.717) is 17.9 Å². The third-order valence-corrected chi connectivity index (χ3v) is 3.36. The Balaban J connectivity index is 2.15. The Labute approximate surface area is 135 Å². The highest BCUT2D eigenvalue weighted by Gasteiger charge is 2.38. The van der Waals surface area contributed by atoms with E-state index in [4.69, 9.17) is 9.47 Å². The first-order chi connectivity index (χ1) is 11.0. The van der Waals surface area contributed by atoms with Gasteiger partial charge in [0.25, 0.3) is 11.8 Å². The highest BCUT2D eigenvalue weighted by molar-refractivity contribution is 6.34. The number of hydrogen-bond donors (Lipinski definition) is 1. The Kier molecular flexibility index (Phi) is 5.39. The van der Waals surface area contributed by atoms with E-state index in [9.17, 15) is 14.7 Å². The van der Waals surface area contributed by atoms with Crippen LogP contribution >= 0.6 is 0 Å². The van der Waals surface area contributed by atoms with Crippen LogP contribution in [-0.2, 0) is 14.3 Å². The van der Waals surface area contributed by atoms with Crippen LogP contribution in [0.3, 0.4) is 0 Å². The van der Waals surface area contributed by atoms with Gasteiger partial charge in [0, 0.05) is 0 Å². The van der Waals surface area contributed by atoms with Gasteiger partial charge in [0.15, 0.2) is 5.76 Å². The van der Waals surface area contributed by atoms with Crippen LogP contribution in [0.5, 0.6) is 5.75 Å². The van der Waals surface area contributed by atoms with E-state index in [0.717, 1.165) is 4.90 Å². The van der Waals surface area contributed by atoms with E-state index < -0.39 is 17.6 Å². The molecule has 1 aliphatic rings. The lowest BCUT2D eigenvalue weighted by atomic mass is 10.1. The van der Waals surface area contributed by atoms with Gasteiger partial charge in [0.2, 0.25) is 0 Å². The molecule has 6 nitrogen and oxygen atoms in total. The Morgan fingerprint density at radius 2 is 1.78 bits per heavy atom. The second kappa shape index (κ2) is 7.28. The molecule has 124 valence electrons. The molecule has 6 heteroatoms. The first-order valence-electron chi connectivity index (χ1n) is 7.60. The Hall–Kier alpha value is -2.34. The Bertz CT molecular complexity index is 618. The molecule has 1 aromatic carbocycles. The molecule has 0 unspecified atom stereocenters. The van der Waals surface area contributed by atoms with Crippen LogP contribution in [0.2, 0.25) is 0 Å². The van der Waals surface area contributed by atoms with Crippen LogP contribution < -0.4 is 4.74 Å². The van der Waals surface area contributed by atoms with Crippen molar-refractivity contribution in [1.29, 1.82) is 0 Å². The number of carbonyl (C=O) groups excluding carboxylic acids is 2. The van der Waals surface area contributed by atoms with Crippen LogP contribution in [0.15, 0.2) is 30.0 Å². The number of ether oxygens (including phenoxy) is 2. The largest absolute Gasteiger partial charge is 0.502 e. The molecular weight excluding hydrogens is 298 g/mol. The van der Waals surface area contributed by atoms with Crippen LogP contribution in [0.25, 0.3) is 5.57 Å². The quantitative estimate of drug-likeness (QED) is 0.779. The van der Waals surface area contributed by atoms with Crippen molar-refractivity contribution in [2.75, 3.05) is 19.8 Å². The fourth-order valence-electron chi connectivity index (χ4n) is 2.29. The summed E-state index contributed by atoms with van der Waals surface area (Å²) in [5.41, 5.74) is 0.499. The standard InChI is InChI=1S/C17H21NO5/c1-4-22-13-7-5-12(6-8-13)14-15(19)17(21)18(16(14)20)9-10-23-11(2)3/h5-8,11,19H,4,9-10H2,1-3H3. The Morgan fingerprint density at radius 1 is 1.13 bits per heavy atom. The second-order valence-electron chi connectivity index (χ2n) is 5.36. The van der Waals surface area contributed by atoms with Gasteiger partial charge in [0.05, 0.1) is 31.4 Å². The molecule has 0 spiro atoms. The summed E-state index contributed by atoms with van der Waals surface area (Å²) in [6.45, 7) is 6.50. The summed E-state index contributed by atoms with van der Waals surface area (Å²) in [6, 6.07) is 6.69. The maximum absolute atomic E-state index is 12.4. The lowest BCUT2D eigenvalue weighted by Crippen LogP contribution is -2.35. The van der Waals surface area contributed by atoms with Crippen molar-refractivity contribution in [2.45, 2.75) is 26.9 Å². The van der Waals surface area contributed by atoms with E-state index in [1.165, 1.54) is 0 Å². The molecule has 0 saturated carbocycles. The van der Waals surface area contributed by atoms with Crippen LogP contribution in [-0.4, -0.2) is 47.7 Å². The van der Waals surface area contributed by atoms with Gasteiger partial charge >= 0.3 is 0 Å². The summed E-state index contributed by atoms with van der Waals surface area (Å²) < 4.78 is 10.7. The molecule has 0 aliphatic carbocycles. The predicted molar refractivity (Wildman–Crippen MR) is 85.0 cm³/mol. The molecule has 0 atom stereocenters. The molecule has 0 aromatic heterocycles. The number of benzene rings is 1. The molecular formula is C17H21NO5. The summed E-state index contributed by atoms with van der Waals surface area (Å²) in [5.74, 6) is -1.06. The summed E-state index contributed by atoms with van der Waals surface area (Å²) in [7, 11) is 0. The molecule has 1 aliphatic heterocycles. The molecule has 0 bridgehead atoms. The third kappa shape index (κ3) is 3.71. The number of carbonyl (C=O) groups is 2. The number of amides is 2.